The molecule has 0 aliphatic carbocycles. The predicted octanol–water partition coefficient (Wildman–Crippen LogP) is 0.0794. The van der Waals surface area contributed by atoms with Gasteiger partial charge in [0.25, 0.3) is 0 Å². The molecule has 0 bridgehead atoms. The first-order valence-electron chi connectivity index (χ1n) is 2.75. The average Bonchev–Trinajstić information content (AvgIpc) is 1.94. The predicted molar refractivity (Wildman–Crippen MR) is 41.9 cm³/mol. The summed E-state index contributed by atoms with van der Waals surface area (Å²) >= 11 is -0.120. The molecule has 0 unspecified atom stereocenters. The summed E-state index contributed by atoms with van der Waals surface area (Å²) in [7, 11) is 0. The van der Waals surface area contributed by atoms with Gasteiger partial charge in [0.2, 0.25) is 0 Å². The number of rotatable bonds is 1. The van der Waals surface area contributed by atoms with Gasteiger partial charge in [0.15, 0.2) is 0 Å². The molecule has 2 N–H and O–H groups in total. The Morgan fingerprint density at radius 1 is 1.40 bits per heavy atom. The van der Waals surface area contributed by atoms with Crippen LogP contribution in [0, 0.1) is 10.2 Å². The molecule has 1 aromatic carbocycles. The molecule has 50 valence electrons. The summed E-state index contributed by atoms with van der Waals surface area (Å²) in [6, 6.07) is 7.46. The number of benzene rings is 1. The van der Waals surface area contributed by atoms with Crippen LogP contribution in [0.4, 0.5) is 5.69 Å². The first-order valence-corrected chi connectivity index (χ1v) is 4.46. The number of anilines is 1. The summed E-state index contributed by atoms with van der Waals surface area (Å²) in [5.41, 5.74) is 6.30. The Morgan fingerprint density at radius 2 is 2.10 bits per heavy atom. The van der Waals surface area contributed by atoms with Gasteiger partial charge in [-0.3, -0.25) is 0 Å². The first kappa shape index (κ1) is 7.14. The van der Waals surface area contributed by atoms with Crippen molar-refractivity contribution >= 4 is 25.1 Å². The number of hydrogen-bond acceptors (Lipinski definition) is 2. The first-order chi connectivity index (χ1) is 4.84. The molecule has 0 amide bonds. The maximum absolute atomic E-state index is 8.37. The fourth-order valence-electron chi connectivity index (χ4n) is 0.623. The number of para-hydroxylation sites is 1. The van der Waals surface area contributed by atoms with Crippen LogP contribution in [0.5, 0.6) is 0 Å². The summed E-state index contributed by atoms with van der Waals surface area (Å²) in [4.78, 5) is 2.11. The van der Waals surface area contributed by atoms with E-state index in [0.29, 0.717) is 0 Å². The number of nitrogens with two attached hydrogens (primary N) is 1. The molecule has 10 heavy (non-hydrogen) atoms. The topological polar surface area (TPSA) is 49.8 Å². The zero-order valence-corrected chi connectivity index (χ0v) is 6.96. The Labute approximate surface area is 65.8 Å². The van der Waals surface area contributed by atoms with Gasteiger partial charge in [-0.25, -0.2) is 0 Å². The van der Waals surface area contributed by atoms with Crippen molar-refractivity contribution in [2.24, 2.45) is 0 Å². The molecule has 0 heterocycles. The van der Waals surface area contributed by atoms with Gasteiger partial charge in [0, 0.05) is 0 Å². The van der Waals surface area contributed by atoms with Crippen LogP contribution in [-0.2, 0) is 0 Å². The second-order valence-corrected chi connectivity index (χ2v) is 3.47. The van der Waals surface area contributed by atoms with Gasteiger partial charge in [-0.05, 0) is 0 Å². The fraction of sp³-hybridized carbons (Fsp3) is 0. The van der Waals surface area contributed by atoms with Crippen molar-refractivity contribution in [3.05, 3.63) is 24.3 Å². The minimum atomic E-state index is -0.120. The Balaban J connectivity index is 2.94. The second-order valence-electron chi connectivity index (χ2n) is 1.73. The van der Waals surface area contributed by atoms with Gasteiger partial charge < -0.3 is 0 Å². The van der Waals surface area contributed by atoms with E-state index in [0.717, 1.165) is 10.1 Å². The Morgan fingerprint density at radius 3 is 2.70 bits per heavy atom. The molecule has 0 saturated heterocycles. The van der Waals surface area contributed by atoms with Crippen LogP contribution < -0.4 is 10.2 Å². The van der Waals surface area contributed by atoms with Crippen LogP contribution in [0.15, 0.2) is 24.3 Å². The monoisotopic (exact) mass is 198 g/mol. The van der Waals surface area contributed by atoms with Gasteiger partial charge in [0.05, 0.1) is 0 Å². The van der Waals surface area contributed by atoms with Crippen LogP contribution in [0.1, 0.15) is 0 Å². The van der Waals surface area contributed by atoms with E-state index in [1.165, 1.54) is 0 Å². The molecule has 0 aliphatic heterocycles. The van der Waals surface area contributed by atoms with Gasteiger partial charge in [-0.1, -0.05) is 0 Å². The van der Waals surface area contributed by atoms with Crippen LogP contribution in [-0.4, -0.2) is 15.0 Å². The average molecular weight is 197 g/mol. The van der Waals surface area contributed by atoms with Crippen molar-refractivity contribution in [1.82, 2.24) is 0 Å². The standard InChI is InChI=1S/C7H6N2Se/c8-5-10-7-4-2-1-3-6(7)9/h1-4H,9H2. The zero-order chi connectivity index (χ0) is 7.40. The van der Waals surface area contributed by atoms with Gasteiger partial charge in [-0.2, -0.15) is 0 Å². The molecule has 0 aliphatic rings. The van der Waals surface area contributed by atoms with Gasteiger partial charge >= 0.3 is 65.3 Å². The third-order valence-electron chi connectivity index (χ3n) is 1.07. The Bertz CT molecular complexity index is 265. The molecule has 0 spiro atoms. The Kier molecular flexibility index (Phi) is 2.33. The van der Waals surface area contributed by atoms with Crippen LogP contribution in [0.2, 0.25) is 0 Å². The molecular formula is C7H6N2Se. The van der Waals surface area contributed by atoms with Crippen LogP contribution >= 0.6 is 0 Å². The zero-order valence-electron chi connectivity index (χ0n) is 5.24. The van der Waals surface area contributed by atoms with Crippen molar-refractivity contribution in [1.29, 1.82) is 5.26 Å². The van der Waals surface area contributed by atoms with Crippen molar-refractivity contribution in [3.63, 3.8) is 0 Å². The molecule has 0 aromatic heterocycles. The summed E-state index contributed by atoms with van der Waals surface area (Å²) in [6.07, 6.45) is 0. The van der Waals surface area contributed by atoms with Crippen molar-refractivity contribution in [3.8, 4) is 4.97 Å². The molecule has 0 fully saturated rings. The number of nitrogen functional groups attached to an aromatic ring is 1. The van der Waals surface area contributed by atoms with Gasteiger partial charge in [0.1, 0.15) is 0 Å². The molecule has 0 saturated carbocycles. The Hall–Kier alpha value is -0.971. The molecule has 0 atom stereocenters. The minimum absolute atomic E-state index is 0.120. The summed E-state index contributed by atoms with van der Waals surface area (Å²) in [5, 5.41) is 8.37. The van der Waals surface area contributed by atoms with Gasteiger partial charge in [-0.15, -0.1) is 0 Å². The molecule has 1 rings (SSSR count). The van der Waals surface area contributed by atoms with E-state index in [2.05, 4.69) is 4.97 Å². The molecule has 1 aromatic rings. The number of nitriles is 1. The number of nitrogens with zero attached hydrogens (tertiary/aromatic N) is 1. The molecule has 2 nitrogen and oxygen atoms in total. The van der Waals surface area contributed by atoms with Crippen molar-refractivity contribution in [2.75, 3.05) is 5.73 Å². The maximum atomic E-state index is 8.37. The van der Waals surface area contributed by atoms with Crippen LogP contribution in [0.25, 0.3) is 0 Å². The van der Waals surface area contributed by atoms with Crippen LogP contribution in [0.3, 0.4) is 0 Å². The van der Waals surface area contributed by atoms with E-state index in [-0.39, 0.29) is 15.0 Å². The molecule has 3 heteroatoms. The summed E-state index contributed by atoms with van der Waals surface area (Å²) in [6.45, 7) is 0. The van der Waals surface area contributed by atoms with E-state index in [1.807, 2.05) is 24.3 Å². The quantitative estimate of drug-likeness (QED) is 0.512. The second kappa shape index (κ2) is 3.26. The van der Waals surface area contributed by atoms with Crippen molar-refractivity contribution < 1.29 is 0 Å². The summed E-state index contributed by atoms with van der Waals surface area (Å²) < 4.78 is 0.970. The normalized spacial score (nSPS) is 8.70. The van der Waals surface area contributed by atoms with E-state index in [9.17, 15) is 0 Å². The van der Waals surface area contributed by atoms with E-state index in [1.54, 1.807) is 0 Å². The van der Waals surface area contributed by atoms with E-state index >= 15 is 0 Å². The van der Waals surface area contributed by atoms with E-state index < -0.39 is 0 Å². The number of hydrogen-bond donors (Lipinski definition) is 1. The molecular weight excluding hydrogens is 191 g/mol. The third kappa shape index (κ3) is 1.51. The van der Waals surface area contributed by atoms with Crippen molar-refractivity contribution in [2.45, 2.75) is 0 Å². The summed E-state index contributed by atoms with van der Waals surface area (Å²) in [5.74, 6) is 0. The molecule has 0 radical (unpaired) electrons. The fourth-order valence-corrected chi connectivity index (χ4v) is 1.53. The third-order valence-corrected chi connectivity index (χ3v) is 2.51. The van der Waals surface area contributed by atoms with E-state index in [4.69, 9.17) is 11.0 Å². The SMILES string of the molecule is N#C[Se]c1ccccc1N.